The Hall–Kier alpha value is -1.17. The lowest BCUT2D eigenvalue weighted by molar-refractivity contribution is 0.103. The summed E-state index contributed by atoms with van der Waals surface area (Å²) >= 11 is 4.79. The Morgan fingerprint density at radius 2 is 2.05 bits per heavy atom. The van der Waals surface area contributed by atoms with Crippen LogP contribution in [0.15, 0.2) is 40.2 Å². The number of halogens is 1. The Bertz CT molecular complexity index is 568. The molecule has 0 atom stereocenters. The molecule has 0 aliphatic carbocycles. The number of hydrogen-bond donors (Lipinski definition) is 2. The Morgan fingerprint density at radius 1 is 1.26 bits per heavy atom. The normalized spacial score (nSPS) is 10.4. The summed E-state index contributed by atoms with van der Waals surface area (Å²) in [4.78, 5) is 12.8. The standard InChI is InChI=1S/C14H15BrN2OS/c1-2-16-9-10-5-3-4-6-11(10)17-14(18)12-7-8-13(15)19-12/h3-8,16H,2,9H2,1H3,(H,17,18). The van der Waals surface area contributed by atoms with Crippen molar-refractivity contribution in [3.05, 3.63) is 50.6 Å². The Morgan fingerprint density at radius 3 is 2.74 bits per heavy atom. The maximum atomic E-state index is 12.1. The van der Waals surface area contributed by atoms with E-state index in [0.717, 1.165) is 28.1 Å². The van der Waals surface area contributed by atoms with Crippen LogP contribution in [0.3, 0.4) is 0 Å². The summed E-state index contributed by atoms with van der Waals surface area (Å²) in [7, 11) is 0. The van der Waals surface area contributed by atoms with E-state index in [1.54, 1.807) is 0 Å². The first-order valence-electron chi connectivity index (χ1n) is 6.06. The minimum absolute atomic E-state index is 0.0698. The number of nitrogens with one attached hydrogen (secondary N) is 2. The summed E-state index contributed by atoms with van der Waals surface area (Å²) in [5, 5.41) is 6.23. The maximum absolute atomic E-state index is 12.1. The SMILES string of the molecule is CCNCc1ccccc1NC(=O)c1ccc(Br)s1. The Kier molecular flexibility index (Phi) is 5.13. The third-order valence-electron chi connectivity index (χ3n) is 2.63. The predicted octanol–water partition coefficient (Wildman–Crippen LogP) is 3.87. The number of para-hydroxylation sites is 1. The van der Waals surface area contributed by atoms with Crippen LogP contribution in [0.1, 0.15) is 22.2 Å². The second-order valence-corrected chi connectivity index (χ2v) is 6.46. The third kappa shape index (κ3) is 3.89. The molecular formula is C14H15BrN2OS. The van der Waals surface area contributed by atoms with E-state index in [-0.39, 0.29) is 5.91 Å². The molecule has 1 amide bonds. The van der Waals surface area contributed by atoms with E-state index in [1.165, 1.54) is 11.3 Å². The van der Waals surface area contributed by atoms with Gasteiger partial charge in [-0.25, -0.2) is 0 Å². The molecule has 0 saturated carbocycles. The zero-order chi connectivity index (χ0) is 13.7. The fourth-order valence-corrected chi connectivity index (χ4v) is 2.96. The first kappa shape index (κ1) is 14.2. The number of rotatable bonds is 5. The molecule has 0 saturated heterocycles. The third-order valence-corrected chi connectivity index (χ3v) is 4.25. The molecule has 2 N–H and O–H groups in total. The molecule has 0 aliphatic rings. The van der Waals surface area contributed by atoms with E-state index in [0.29, 0.717) is 4.88 Å². The lowest BCUT2D eigenvalue weighted by Gasteiger charge is -2.10. The average molecular weight is 339 g/mol. The van der Waals surface area contributed by atoms with Gasteiger partial charge >= 0.3 is 0 Å². The van der Waals surface area contributed by atoms with Gasteiger partial charge in [0.1, 0.15) is 0 Å². The summed E-state index contributed by atoms with van der Waals surface area (Å²) in [5.74, 6) is -0.0698. The minimum atomic E-state index is -0.0698. The van der Waals surface area contributed by atoms with Crippen LogP contribution in [-0.2, 0) is 6.54 Å². The number of carbonyl (C=O) groups is 1. The van der Waals surface area contributed by atoms with E-state index in [4.69, 9.17) is 0 Å². The molecule has 0 fully saturated rings. The molecule has 1 heterocycles. The molecule has 0 bridgehead atoms. The van der Waals surface area contributed by atoms with E-state index < -0.39 is 0 Å². The van der Waals surface area contributed by atoms with Gasteiger partial charge in [-0.3, -0.25) is 4.79 Å². The van der Waals surface area contributed by atoms with Gasteiger partial charge in [0.2, 0.25) is 0 Å². The maximum Gasteiger partial charge on any atom is 0.265 e. The molecule has 2 rings (SSSR count). The Balaban J connectivity index is 2.12. The van der Waals surface area contributed by atoms with Gasteiger partial charge in [-0.05, 0) is 46.2 Å². The quantitative estimate of drug-likeness (QED) is 0.868. The molecular weight excluding hydrogens is 324 g/mol. The van der Waals surface area contributed by atoms with Crippen molar-refractivity contribution in [3.8, 4) is 0 Å². The summed E-state index contributed by atoms with van der Waals surface area (Å²) in [6.07, 6.45) is 0. The van der Waals surface area contributed by atoms with Crippen LogP contribution in [0.2, 0.25) is 0 Å². The van der Waals surface area contributed by atoms with Crippen molar-refractivity contribution < 1.29 is 4.79 Å². The molecule has 100 valence electrons. The van der Waals surface area contributed by atoms with Gasteiger partial charge in [-0.15, -0.1) is 11.3 Å². The molecule has 3 nitrogen and oxygen atoms in total. The monoisotopic (exact) mass is 338 g/mol. The molecule has 1 aromatic carbocycles. The second-order valence-electron chi connectivity index (χ2n) is 4.00. The number of carbonyl (C=O) groups excluding carboxylic acids is 1. The molecule has 0 spiro atoms. The molecule has 1 aromatic heterocycles. The highest BCUT2D eigenvalue weighted by atomic mass is 79.9. The predicted molar refractivity (Wildman–Crippen MR) is 83.8 cm³/mol. The molecule has 5 heteroatoms. The first-order valence-corrected chi connectivity index (χ1v) is 7.67. The number of hydrogen-bond acceptors (Lipinski definition) is 3. The van der Waals surface area contributed by atoms with Crippen LogP contribution in [0.4, 0.5) is 5.69 Å². The average Bonchev–Trinajstić information content (AvgIpc) is 2.84. The molecule has 2 aromatic rings. The van der Waals surface area contributed by atoms with Crippen molar-refractivity contribution in [3.63, 3.8) is 0 Å². The van der Waals surface area contributed by atoms with E-state index in [2.05, 4.69) is 33.5 Å². The number of anilines is 1. The van der Waals surface area contributed by atoms with Gasteiger partial charge in [0, 0.05) is 12.2 Å². The van der Waals surface area contributed by atoms with Gasteiger partial charge < -0.3 is 10.6 Å². The first-order chi connectivity index (χ1) is 9.20. The number of benzene rings is 1. The van der Waals surface area contributed by atoms with E-state index in [9.17, 15) is 4.79 Å². The van der Waals surface area contributed by atoms with E-state index in [1.807, 2.05) is 36.4 Å². The van der Waals surface area contributed by atoms with Crippen LogP contribution in [0.25, 0.3) is 0 Å². The molecule has 0 aliphatic heterocycles. The highest BCUT2D eigenvalue weighted by Crippen LogP contribution is 2.23. The van der Waals surface area contributed by atoms with Gasteiger partial charge in [0.05, 0.1) is 8.66 Å². The van der Waals surface area contributed by atoms with Gasteiger partial charge in [-0.1, -0.05) is 25.1 Å². The summed E-state index contributed by atoms with van der Waals surface area (Å²) in [5.41, 5.74) is 1.95. The lowest BCUT2D eigenvalue weighted by atomic mass is 10.1. The molecule has 0 unspecified atom stereocenters. The van der Waals surface area contributed by atoms with E-state index >= 15 is 0 Å². The van der Waals surface area contributed by atoms with Gasteiger partial charge in [-0.2, -0.15) is 0 Å². The van der Waals surface area contributed by atoms with Crippen molar-refractivity contribution in [2.45, 2.75) is 13.5 Å². The van der Waals surface area contributed by atoms with Crippen LogP contribution < -0.4 is 10.6 Å². The van der Waals surface area contributed by atoms with Crippen molar-refractivity contribution in [2.75, 3.05) is 11.9 Å². The molecule has 19 heavy (non-hydrogen) atoms. The van der Waals surface area contributed by atoms with Gasteiger partial charge in [0.15, 0.2) is 0 Å². The smallest absolute Gasteiger partial charge is 0.265 e. The van der Waals surface area contributed by atoms with Crippen LogP contribution in [-0.4, -0.2) is 12.5 Å². The number of amides is 1. The molecule has 0 radical (unpaired) electrons. The van der Waals surface area contributed by atoms with Crippen LogP contribution in [0, 0.1) is 0 Å². The van der Waals surface area contributed by atoms with Crippen LogP contribution >= 0.6 is 27.3 Å². The second kappa shape index (κ2) is 6.84. The lowest BCUT2D eigenvalue weighted by Crippen LogP contribution is -2.16. The summed E-state index contributed by atoms with van der Waals surface area (Å²) in [6, 6.07) is 11.5. The zero-order valence-electron chi connectivity index (χ0n) is 10.6. The largest absolute Gasteiger partial charge is 0.321 e. The topological polar surface area (TPSA) is 41.1 Å². The fourth-order valence-electron chi connectivity index (χ4n) is 1.68. The highest BCUT2D eigenvalue weighted by molar-refractivity contribution is 9.11. The van der Waals surface area contributed by atoms with Gasteiger partial charge in [0.25, 0.3) is 5.91 Å². The highest BCUT2D eigenvalue weighted by Gasteiger charge is 2.10. The van der Waals surface area contributed by atoms with Crippen LogP contribution in [0.5, 0.6) is 0 Å². The van der Waals surface area contributed by atoms with Crippen molar-refractivity contribution >= 4 is 38.9 Å². The summed E-state index contributed by atoms with van der Waals surface area (Å²) < 4.78 is 0.957. The summed E-state index contributed by atoms with van der Waals surface area (Å²) in [6.45, 7) is 3.71. The van der Waals surface area contributed by atoms with Crippen molar-refractivity contribution in [1.82, 2.24) is 5.32 Å². The fraction of sp³-hybridized carbons (Fsp3) is 0.214. The number of thiophene rings is 1. The minimum Gasteiger partial charge on any atom is -0.321 e. The van der Waals surface area contributed by atoms with Crippen molar-refractivity contribution in [1.29, 1.82) is 0 Å². The Labute approximate surface area is 125 Å². The zero-order valence-corrected chi connectivity index (χ0v) is 13.0. The van der Waals surface area contributed by atoms with Crippen molar-refractivity contribution in [2.24, 2.45) is 0 Å².